The van der Waals surface area contributed by atoms with Crippen LogP contribution in [0.15, 0.2) is 60.7 Å². The van der Waals surface area contributed by atoms with Crippen molar-refractivity contribution in [3.63, 3.8) is 0 Å². The number of nitrogens with zero attached hydrogens (tertiary/aromatic N) is 2. The Kier molecular flexibility index (Phi) is 5.56. The molecule has 5 rings (SSSR count). The molecule has 0 unspecified atom stereocenters. The lowest BCUT2D eigenvalue weighted by atomic mass is 9.90. The van der Waals surface area contributed by atoms with Crippen LogP contribution in [0.25, 0.3) is 5.57 Å². The van der Waals surface area contributed by atoms with Crippen LogP contribution in [-0.2, 0) is 13.0 Å². The van der Waals surface area contributed by atoms with Crippen LogP contribution in [0.4, 0.5) is 0 Å². The fraction of sp³-hybridized carbons (Fsp3) is 0.500. The molecule has 0 radical (unpaired) electrons. The summed E-state index contributed by atoms with van der Waals surface area (Å²) in [6, 6.07) is 20.5. The van der Waals surface area contributed by atoms with Crippen molar-refractivity contribution in [3.8, 4) is 0 Å². The van der Waals surface area contributed by atoms with E-state index in [1.165, 1.54) is 68.6 Å². The number of hydrogen-bond acceptors (Lipinski definition) is 2. The maximum atomic E-state index is 2.67. The molecule has 2 nitrogen and oxygen atoms in total. The normalized spacial score (nSPS) is 26.1. The third-order valence-electron chi connectivity index (χ3n) is 7.84. The molecule has 2 aliphatic heterocycles. The molecule has 0 saturated carbocycles. The lowest BCUT2D eigenvalue weighted by molar-refractivity contribution is 0.177. The Labute approximate surface area is 182 Å². The van der Waals surface area contributed by atoms with Gasteiger partial charge in [-0.2, -0.15) is 0 Å². The van der Waals surface area contributed by atoms with Crippen LogP contribution in [0.5, 0.6) is 0 Å². The van der Waals surface area contributed by atoms with Gasteiger partial charge in [-0.05, 0) is 74.3 Å². The highest BCUT2D eigenvalue weighted by atomic mass is 15.2. The van der Waals surface area contributed by atoms with E-state index in [1.807, 2.05) is 0 Å². The third kappa shape index (κ3) is 4.13. The van der Waals surface area contributed by atoms with E-state index in [1.54, 1.807) is 5.57 Å². The van der Waals surface area contributed by atoms with Crippen molar-refractivity contribution in [2.75, 3.05) is 26.2 Å². The molecule has 2 aromatic rings. The number of rotatable bonds is 6. The van der Waals surface area contributed by atoms with Crippen LogP contribution in [0.1, 0.15) is 49.8 Å². The lowest BCUT2D eigenvalue weighted by Gasteiger charge is -2.31. The summed E-state index contributed by atoms with van der Waals surface area (Å²) in [7, 11) is 0. The van der Waals surface area contributed by atoms with Crippen molar-refractivity contribution >= 4 is 5.57 Å². The Morgan fingerprint density at radius 3 is 2.47 bits per heavy atom. The van der Waals surface area contributed by atoms with E-state index in [0.29, 0.717) is 11.5 Å². The molecule has 30 heavy (non-hydrogen) atoms. The van der Waals surface area contributed by atoms with Crippen molar-refractivity contribution in [3.05, 3.63) is 77.4 Å². The lowest BCUT2D eigenvalue weighted by Crippen LogP contribution is -2.39. The van der Waals surface area contributed by atoms with Gasteiger partial charge in [0.15, 0.2) is 0 Å². The largest absolute Gasteiger partial charge is 0.298 e. The van der Waals surface area contributed by atoms with Crippen LogP contribution in [0.3, 0.4) is 0 Å². The van der Waals surface area contributed by atoms with Gasteiger partial charge >= 0.3 is 0 Å². The molecule has 2 atom stereocenters. The molecule has 0 amide bonds. The van der Waals surface area contributed by atoms with Crippen LogP contribution < -0.4 is 0 Å². The molecule has 0 spiro atoms. The number of likely N-dealkylation sites (tertiary alicyclic amines) is 2. The first-order chi connectivity index (χ1) is 14.6. The summed E-state index contributed by atoms with van der Waals surface area (Å²) in [6.07, 6.45) is 7.63. The Bertz CT molecular complexity index is 881. The molecule has 3 aliphatic rings. The molecule has 2 heterocycles. The Hall–Kier alpha value is -1.90. The zero-order valence-electron chi connectivity index (χ0n) is 18.7. The maximum absolute atomic E-state index is 2.67. The average Bonchev–Trinajstić information content (AvgIpc) is 3.41. The van der Waals surface area contributed by atoms with Crippen LogP contribution in [0, 0.1) is 11.8 Å². The Morgan fingerprint density at radius 1 is 0.933 bits per heavy atom. The predicted molar refractivity (Wildman–Crippen MR) is 126 cm³/mol. The highest BCUT2D eigenvalue weighted by Crippen LogP contribution is 2.43. The molecule has 0 aromatic heterocycles. The topological polar surface area (TPSA) is 6.48 Å². The molecule has 158 valence electrons. The van der Waals surface area contributed by atoms with Gasteiger partial charge in [0, 0.05) is 37.6 Å². The van der Waals surface area contributed by atoms with Crippen molar-refractivity contribution < 1.29 is 0 Å². The summed E-state index contributed by atoms with van der Waals surface area (Å²) in [4.78, 5) is 5.33. The third-order valence-corrected chi connectivity index (χ3v) is 7.84. The average molecular weight is 401 g/mol. The molecule has 1 aliphatic carbocycles. The minimum atomic E-state index is 0.387. The summed E-state index contributed by atoms with van der Waals surface area (Å²) in [6.45, 7) is 10.8. The second kappa shape index (κ2) is 8.32. The number of fused-ring (bicyclic) bond motifs is 1. The number of allylic oxidation sites excluding steroid dienone is 1. The summed E-state index contributed by atoms with van der Waals surface area (Å²) in [5, 5.41) is 0. The summed E-state index contributed by atoms with van der Waals surface area (Å²) < 4.78 is 0. The van der Waals surface area contributed by atoms with E-state index < -0.39 is 0 Å². The molecule has 2 aromatic carbocycles. The maximum Gasteiger partial charge on any atom is 0.0234 e. The van der Waals surface area contributed by atoms with Gasteiger partial charge in [-0.15, -0.1) is 0 Å². The van der Waals surface area contributed by atoms with Crippen molar-refractivity contribution in [1.82, 2.24) is 9.80 Å². The highest BCUT2D eigenvalue weighted by Gasteiger charge is 2.38. The number of hydrogen-bond donors (Lipinski definition) is 0. The van der Waals surface area contributed by atoms with Crippen molar-refractivity contribution in [1.29, 1.82) is 0 Å². The zero-order chi connectivity index (χ0) is 20.6. The summed E-state index contributed by atoms with van der Waals surface area (Å²) in [5.74, 6) is 1.52. The van der Waals surface area contributed by atoms with E-state index in [4.69, 9.17) is 0 Å². The fourth-order valence-corrected chi connectivity index (χ4v) is 5.99. The summed E-state index contributed by atoms with van der Waals surface area (Å²) in [5.41, 5.74) is 6.36. The van der Waals surface area contributed by atoms with Gasteiger partial charge in [-0.25, -0.2) is 0 Å². The van der Waals surface area contributed by atoms with Crippen molar-refractivity contribution in [2.24, 2.45) is 11.8 Å². The standard InChI is InChI=1S/C28H36N2/c1-28(2)16-6-17-30(28)18-15-22-9-11-24(12-10-22)26-14-13-25-20-29(21-27(25)26)19-23-7-4-3-5-8-23/h3-5,7-12,14,25,27H,6,13,15-21H2,1-2H3/t25-,27+/m1/s1. The SMILES string of the molecule is CC1(C)CCCN1CCc1ccc(C2=CC[C@@H]3CN(Cc4ccccc4)C[C@H]23)cc1. The van der Waals surface area contributed by atoms with Gasteiger partial charge in [0.05, 0.1) is 0 Å². The first-order valence-corrected chi connectivity index (χ1v) is 11.9. The smallest absolute Gasteiger partial charge is 0.0234 e. The molecular formula is C28H36N2. The second-order valence-corrected chi connectivity index (χ2v) is 10.3. The molecule has 0 bridgehead atoms. The molecule has 2 fully saturated rings. The van der Waals surface area contributed by atoms with Gasteiger partial charge in [0.2, 0.25) is 0 Å². The Balaban J connectivity index is 1.19. The first kappa shape index (κ1) is 20.0. The van der Waals surface area contributed by atoms with Crippen LogP contribution >= 0.6 is 0 Å². The van der Waals surface area contributed by atoms with E-state index in [2.05, 4.69) is 84.3 Å². The molecule has 2 heteroatoms. The van der Waals surface area contributed by atoms with E-state index >= 15 is 0 Å². The summed E-state index contributed by atoms with van der Waals surface area (Å²) >= 11 is 0. The van der Waals surface area contributed by atoms with Gasteiger partial charge < -0.3 is 0 Å². The molecule has 2 saturated heterocycles. The Morgan fingerprint density at radius 2 is 1.73 bits per heavy atom. The van der Waals surface area contributed by atoms with Gasteiger partial charge in [0.25, 0.3) is 0 Å². The van der Waals surface area contributed by atoms with Crippen LogP contribution in [-0.4, -0.2) is 41.5 Å². The van der Waals surface area contributed by atoms with Gasteiger partial charge in [-0.3, -0.25) is 9.80 Å². The quantitative estimate of drug-likeness (QED) is 0.619. The molecular weight excluding hydrogens is 364 g/mol. The van der Waals surface area contributed by atoms with Gasteiger partial charge in [0.1, 0.15) is 0 Å². The van der Waals surface area contributed by atoms with Crippen molar-refractivity contribution in [2.45, 2.75) is 51.6 Å². The van der Waals surface area contributed by atoms with Crippen LogP contribution in [0.2, 0.25) is 0 Å². The minimum absolute atomic E-state index is 0.387. The predicted octanol–water partition coefficient (Wildman–Crippen LogP) is 5.64. The second-order valence-electron chi connectivity index (χ2n) is 10.3. The zero-order valence-corrected chi connectivity index (χ0v) is 18.7. The van der Waals surface area contributed by atoms with E-state index in [-0.39, 0.29) is 0 Å². The van der Waals surface area contributed by atoms with Gasteiger partial charge in [-0.1, -0.05) is 60.7 Å². The molecule has 0 N–H and O–H groups in total. The number of benzene rings is 2. The fourth-order valence-electron chi connectivity index (χ4n) is 5.99. The van der Waals surface area contributed by atoms with E-state index in [9.17, 15) is 0 Å². The highest BCUT2D eigenvalue weighted by molar-refractivity contribution is 5.70. The van der Waals surface area contributed by atoms with E-state index in [0.717, 1.165) is 12.5 Å². The minimum Gasteiger partial charge on any atom is -0.298 e. The monoisotopic (exact) mass is 400 g/mol. The first-order valence-electron chi connectivity index (χ1n) is 11.9.